The topological polar surface area (TPSA) is 94.1 Å². The number of hydrogen-bond acceptors (Lipinski definition) is 5. The first-order valence-corrected chi connectivity index (χ1v) is 17.3. The van der Waals surface area contributed by atoms with Crippen molar-refractivity contribution in [3.8, 4) is 28.4 Å². The zero-order chi connectivity index (χ0) is 35.4. The quantitative estimate of drug-likeness (QED) is 0.109. The zero-order valence-corrected chi connectivity index (χ0v) is 29.3. The molecule has 7 nitrogen and oxygen atoms in total. The highest BCUT2D eigenvalue weighted by Gasteiger charge is 2.22. The van der Waals surface area contributed by atoms with Crippen LogP contribution in [0.5, 0.6) is 17.2 Å². The summed E-state index contributed by atoms with van der Waals surface area (Å²) in [6.07, 6.45) is -0.287. The van der Waals surface area contributed by atoms with Gasteiger partial charge in [0.05, 0.1) is 18.0 Å². The van der Waals surface area contributed by atoms with Gasteiger partial charge in [-0.1, -0.05) is 137 Å². The third-order valence-corrected chi connectivity index (χ3v) is 8.66. The van der Waals surface area contributed by atoms with Gasteiger partial charge in [0.15, 0.2) is 11.5 Å². The number of benzene rings is 6. The molecule has 1 atom stereocenters. The Morgan fingerprint density at radius 1 is 0.569 bits per heavy atom. The molecule has 0 fully saturated rings. The Bertz CT molecular complexity index is 2050. The highest BCUT2D eigenvalue weighted by molar-refractivity contribution is 9.10. The van der Waals surface area contributed by atoms with Crippen LogP contribution in [0.25, 0.3) is 11.1 Å². The summed E-state index contributed by atoms with van der Waals surface area (Å²) in [6, 6.07) is 47.3. The van der Waals surface area contributed by atoms with Gasteiger partial charge in [-0.25, -0.2) is 0 Å². The Labute approximate surface area is 305 Å². The highest BCUT2D eigenvalue weighted by atomic mass is 79.9. The third kappa shape index (κ3) is 9.86. The number of nitrogens with one attached hydrogen (secondary N) is 1. The van der Waals surface area contributed by atoms with Crippen molar-refractivity contribution in [2.45, 2.75) is 32.3 Å². The Hall–Kier alpha value is -5.86. The molecule has 0 spiro atoms. The van der Waals surface area contributed by atoms with Crippen LogP contribution in [0.15, 0.2) is 156 Å². The lowest BCUT2D eigenvalue weighted by molar-refractivity contribution is -0.137. The smallest absolute Gasteiger partial charge is 0.305 e. The summed E-state index contributed by atoms with van der Waals surface area (Å²) in [7, 11) is 0. The van der Waals surface area contributed by atoms with Crippen molar-refractivity contribution in [2.75, 3.05) is 0 Å². The molecular formula is C43H36BrNO6. The number of carboxylic acids is 1. The zero-order valence-electron chi connectivity index (χ0n) is 27.7. The molecule has 0 aromatic heterocycles. The molecule has 0 heterocycles. The molecule has 0 aliphatic rings. The molecule has 1 amide bonds. The number of hydrogen-bond donors (Lipinski definition) is 2. The van der Waals surface area contributed by atoms with Crippen molar-refractivity contribution >= 4 is 27.8 Å². The van der Waals surface area contributed by atoms with E-state index >= 15 is 0 Å². The SMILES string of the molecule is O=C(O)CC(NC(=O)c1cc(Br)ccc1OCc1ccc(OCc2ccccc2)c(OCc2ccccc2)c1)c1ccc(-c2ccccc2)cc1. The summed E-state index contributed by atoms with van der Waals surface area (Å²) < 4.78 is 19.3. The van der Waals surface area contributed by atoms with E-state index in [4.69, 9.17) is 14.2 Å². The van der Waals surface area contributed by atoms with E-state index in [0.717, 1.165) is 27.8 Å². The van der Waals surface area contributed by atoms with Crippen LogP contribution in [-0.2, 0) is 24.6 Å². The predicted molar refractivity (Wildman–Crippen MR) is 201 cm³/mol. The number of ether oxygens (including phenoxy) is 3. The Kier molecular flexibility index (Phi) is 11.8. The lowest BCUT2D eigenvalue weighted by atomic mass is 9.98. The summed E-state index contributed by atoms with van der Waals surface area (Å²) in [5.74, 6) is 0.0317. The molecular weight excluding hydrogens is 706 g/mol. The molecule has 0 radical (unpaired) electrons. The second-order valence-electron chi connectivity index (χ2n) is 11.9. The Morgan fingerprint density at radius 3 is 1.73 bits per heavy atom. The first-order chi connectivity index (χ1) is 24.9. The summed E-state index contributed by atoms with van der Waals surface area (Å²) in [5, 5.41) is 12.6. The van der Waals surface area contributed by atoms with Gasteiger partial charge in [-0.2, -0.15) is 0 Å². The molecule has 0 aliphatic carbocycles. The number of rotatable bonds is 15. The predicted octanol–water partition coefficient (Wildman–Crippen LogP) is 9.80. The Morgan fingerprint density at radius 2 is 1.10 bits per heavy atom. The lowest BCUT2D eigenvalue weighted by Gasteiger charge is -2.20. The number of aliphatic carboxylic acids is 1. The van der Waals surface area contributed by atoms with Crippen molar-refractivity contribution in [1.29, 1.82) is 0 Å². The third-order valence-electron chi connectivity index (χ3n) is 8.17. The fourth-order valence-corrected chi connectivity index (χ4v) is 5.87. The second-order valence-corrected chi connectivity index (χ2v) is 12.8. The number of carbonyl (C=O) groups is 2. The molecule has 6 aromatic rings. The summed E-state index contributed by atoms with van der Waals surface area (Å²) in [6.45, 7) is 0.883. The van der Waals surface area contributed by atoms with Crippen molar-refractivity contribution in [3.63, 3.8) is 0 Å². The monoisotopic (exact) mass is 741 g/mol. The minimum absolute atomic E-state index is 0.141. The van der Waals surface area contributed by atoms with Crippen LogP contribution in [-0.4, -0.2) is 17.0 Å². The number of amides is 1. The van der Waals surface area contributed by atoms with Gasteiger partial charge in [0, 0.05) is 4.47 Å². The van der Waals surface area contributed by atoms with E-state index in [1.54, 1.807) is 18.2 Å². The number of halogens is 1. The van der Waals surface area contributed by atoms with E-state index in [9.17, 15) is 14.7 Å². The van der Waals surface area contributed by atoms with Gasteiger partial charge in [-0.3, -0.25) is 9.59 Å². The summed E-state index contributed by atoms with van der Waals surface area (Å²) in [5.41, 5.74) is 5.85. The average Bonchev–Trinajstić information content (AvgIpc) is 3.17. The van der Waals surface area contributed by atoms with Crippen LogP contribution < -0.4 is 19.5 Å². The van der Waals surface area contributed by atoms with Crippen molar-refractivity contribution in [1.82, 2.24) is 5.32 Å². The maximum Gasteiger partial charge on any atom is 0.305 e. The first-order valence-electron chi connectivity index (χ1n) is 16.5. The van der Waals surface area contributed by atoms with Gasteiger partial charge < -0.3 is 24.6 Å². The number of carboxylic acid groups (broad SMARTS) is 1. The first kappa shape index (κ1) is 35.0. The van der Waals surface area contributed by atoms with E-state index in [1.807, 2.05) is 133 Å². The maximum absolute atomic E-state index is 13.7. The minimum Gasteiger partial charge on any atom is -0.488 e. The fourth-order valence-electron chi connectivity index (χ4n) is 5.51. The molecule has 8 heteroatoms. The van der Waals surface area contributed by atoms with E-state index in [-0.39, 0.29) is 18.6 Å². The van der Waals surface area contributed by atoms with E-state index in [0.29, 0.717) is 40.5 Å². The van der Waals surface area contributed by atoms with Gasteiger partial charge in [0.2, 0.25) is 0 Å². The van der Waals surface area contributed by atoms with Crippen LogP contribution in [0.4, 0.5) is 0 Å². The minimum atomic E-state index is -1.03. The highest BCUT2D eigenvalue weighted by Crippen LogP contribution is 2.32. The van der Waals surface area contributed by atoms with Crippen LogP contribution >= 0.6 is 15.9 Å². The van der Waals surface area contributed by atoms with E-state index in [2.05, 4.69) is 21.2 Å². The molecule has 0 saturated carbocycles. The van der Waals surface area contributed by atoms with E-state index < -0.39 is 17.9 Å². The van der Waals surface area contributed by atoms with Gasteiger partial charge in [0.1, 0.15) is 25.6 Å². The molecule has 6 rings (SSSR count). The van der Waals surface area contributed by atoms with E-state index in [1.165, 1.54) is 0 Å². The molecule has 2 N–H and O–H groups in total. The van der Waals surface area contributed by atoms with Crippen molar-refractivity contribution < 1.29 is 28.9 Å². The summed E-state index contributed by atoms with van der Waals surface area (Å²) >= 11 is 3.47. The lowest BCUT2D eigenvalue weighted by Crippen LogP contribution is -2.30. The molecule has 0 saturated heterocycles. The van der Waals surface area contributed by atoms with Crippen LogP contribution in [0.1, 0.15) is 45.1 Å². The Balaban J connectivity index is 1.18. The second kappa shape index (κ2) is 17.2. The average molecular weight is 743 g/mol. The molecule has 6 aromatic carbocycles. The van der Waals surface area contributed by atoms with Crippen LogP contribution in [0.2, 0.25) is 0 Å². The fraction of sp³-hybridized carbons (Fsp3) is 0.116. The van der Waals surface area contributed by atoms with Gasteiger partial charge in [-0.05, 0) is 63.7 Å². The largest absolute Gasteiger partial charge is 0.488 e. The maximum atomic E-state index is 13.7. The summed E-state index contributed by atoms with van der Waals surface area (Å²) in [4.78, 5) is 25.6. The van der Waals surface area contributed by atoms with Gasteiger partial charge >= 0.3 is 5.97 Å². The number of carbonyl (C=O) groups excluding carboxylic acids is 1. The van der Waals surface area contributed by atoms with Gasteiger partial charge in [0.25, 0.3) is 5.91 Å². The molecule has 1 unspecified atom stereocenters. The molecule has 51 heavy (non-hydrogen) atoms. The van der Waals surface area contributed by atoms with Crippen molar-refractivity contribution in [2.24, 2.45) is 0 Å². The van der Waals surface area contributed by atoms with Crippen molar-refractivity contribution in [3.05, 3.63) is 184 Å². The standard InChI is InChI=1S/C43H36BrNO6/c44-36-21-23-39(37(25-36)43(48)45-38(26-42(46)47)35-19-17-34(18-20-35)33-14-8-3-9-15-33)49-29-32-16-22-40(50-27-30-10-4-1-5-11-30)41(24-32)51-28-31-12-6-2-7-13-31/h1-25,38H,26-29H2,(H,45,48)(H,46,47). The molecule has 0 aliphatic heterocycles. The van der Waals surface area contributed by atoms with Gasteiger partial charge in [-0.15, -0.1) is 0 Å². The van der Waals surface area contributed by atoms with Crippen LogP contribution in [0.3, 0.4) is 0 Å². The van der Waals surface area contributed by atoms with Crippen LogP contribution in [0, 0.1) is 0 Å². The molecule has 256 valence electrons. The normalized spacial score (nSPS) is 11.3. The molecule has 0 bridgehead atoms.